The van der Waals surface area contributed by atoms with Crippen molar-refractivity contribution < 1.29 is 4.79 Å². The third-order valence-corrected chi connectivity index (χ3v) is 3.91. The van der Waals surface area contributed by atoms with Gasteiger partial charge in [0.25, 0.3) is 0 Å². The highest BCUT2D eigenvalue weighted by atomic mass is 16.2. The minimum Gasteiger partial charge on any atom is -0.341 e. The van der Waals surface area contributed by atoms with E-state index in [1.165, 1.54) is 0 Å². The lowest BCUT2D eigenvalue weighted by atomic mass is 9.96. The van der Waals surface area contributed by atoms with Crippen LogP contribution in [-0.2, 0) is 10.2 Å². The van der Waals surface area contributed by atoms with Gasteiger partial charge in [-0.05, 0) is 30.5 Å². The van der Waals surface area contributed by atoms with Gasteiger partial charge >= 0.3 is 0 Å². The monoisotopic (exact) mass is 271 g/mol. The number of fused-ring (bicyclic) bond motifs is 1. The minimum absolute atomic E-state index is 0.00806. The van der Waals surface area contributed by atoms with Gasteiger partial charge in [0, 0.05) is 17.0 Å². The number of carbonyl (C=O) groups is 1. The Morgan fingerprint density at radius 3 is 2.70 bits per heavy atom. The zero-order valence-electron chi connectivity index (χ0n) is 12.4. The van der Waals surface area contributed by atoms with E-state index in [4.69, 9.17) is 0 Å². The smallest absolute Gasteiger partial charge is 0.227 e. The van der Waals surface area contributed by atoms with Crippen LogP contribution in [0.15, 0.2) is 18.2 Å². The summed E-state index contributed by atoms with van der Waals surface area (Å²) < 4.78 is 0. The lowest BCUT2D eigenvalue weighted by Crippen LogP contribution is -2.14. The van der Waals surface area contributed by atoms with Crippen molar-refractivity contribution in [2.75, 3.05) is 5.32 Å². The van der Waals surface area contributed by atoms with Crippen LogP contribution in [0.25, 0.3) is 11.0 Å². The van der Waals surface area contributed by atoms with Crippen molar-refractivity contribution in [3.63, 3.8) is 0 Å². The van der Waals surface area contributed by atoms with Gasteiger partial charge in [0.15, 0.2) is 0 Å². The highest BCUT2D eigenvalue weighted by molar-refractivity contribution is 5.96. The van der Waals surface area contributed by atoms with E-state index in [1.54, 1.807) is 0 Å². The van der Waals surface area contributed by atoms with Crippen molar-refractivity contribution in [1.29, 1.82) is 0 Å². The van der Waals surface area contributed by atoms with Crippen LogP contribution in [0.1, 0.15) is 39.9 Å². The quantitative estimate of drug-likeness (QED) is 0.878. The Labute approximate surface area is 119 Å². The van der Waals surface area contributed by atoms with Crippen LogP contribution in [0.5, 0.6) is 0 Å². The Balaban J connectivity index is 1.85. The minimum atomic E-state index is -0.00806. The summed E-state index contributed by atoms with van der Waals surface area (Å²) in [6.07, 6.45) is 1.01. The number of H-pyrrole nitrogens is 1. The molecule has 0 saturated heterocycles. The van der Waals surface area contributed by atoms with E-state index in [0.717, 1.165) is 29.0 Å². The standard InChI is InChI=1S/C16H21N3O/c1-9-7-11(9)14(20)17-10-5-6-12-13(8-10)19-15(18-12)16(2,3)4/h5-6,8-9,11H,7H2,1-4H3,(H,17,20)(H,18,19). The first-order valence-corrected chi connectivity index (χ1v) is 7.16. The summed E-state index contributed by atoms with van der Waals surface area (Å²) in [5, 5.41) is 2.99. The van der Waals surface area contributed by atoms with Crippen LogP contribution in [0, 0.1) is 11.8 Å². The molecule has 1 saturated carbocycles. The van der Waals surface area contributed by atoms with Crippen LogP contribution in [0.2, 0.25) is 0 Å². The Kier molecular flexibility index (Phi) is 2.85. The number of nitrogens with one attached hydrogen (secondary N) is 2. The summed E-state index contributed by atoms with van der Waals surface area (Å²) in [4.78, 5) is 19.9. The van der Waals surface area contributed by atoms with Gasteiger partial charge in [-0.3, -0.25) is 4.79 Å². The normalized spacial score (nSPS) is 22.0. The maximum atomic E-state index is 11.9. The van der Waals surface area contributed by atoms with Gasteiger partial charge in [-0.25, -0.2) is 4.98 Å². The second-order valence-corrected chi connectivity index (χ2v) is 6.88. The van der Waals surface area contributed by atoms with Crippen molar-refractivity contribution in [3.05, 3.63) is 24.0 Å². The molecular weight excluding hydrogens is 250 g/mol. The van der Waals surface area contributed by atoms with E-state index in [2.05, 4.69) is 43.0 Å². The number of aromatic amines is 1. The summed E-state index contributed by atoms with van der Waals surface area (Å²) in [5.41, 5.74) is 2.74. The van der Waals surface area contributed by atoms with Crippen molar-refractivity contribution in [3.8, 4) is 0 Å². The van der Waals surface area contributed by atoms with E-state index in [1.807, 2.05) is 18.2 Å². The van der Waals surface area contributed by atoms with Gasteiger partial charge in [-0.15, -0.1) is 0 Å². The Hall–Kier alpha value is -1.84. The number of carbonyl (C=O) groups excluding carboxylic acids is 1. The zero-order chi connectivity index (χ0) is 14.5. The van der Waals surface area contributed by atoms with Gasteiger partial charge in [0.1, 0.15) is 5.82 Å². The molecule has 0 spiro atoms. The Morgan fingerprint density at radius 2 is 2.10 bits per heavy atom. The molecule has 106 valence electrons. The molecule has 2 atom stereocenters. The lowest BCUT2D eigenvalue weighted by molar-refractivity contribution is -0.117. The molecule has 0 aliphatic heterocycles. The average Bonchev–Trinajstić information content (AvgIpc) is 2.92. The number of hydrogen-bond acceptors (Lipinski definition) is 2. The van der Waals surface area contributed by atoms with E-state index < -0.39 is 0 Å². The van der Waals surface area contributed by atoms with E-state index in [0.29, 0.717) is 5.92 Å². The second kappa shape index (κ2) is 4.33. The van der Waals surface area contributed by atoms with Crippen molar-refractivity contribution in [1.82, 2.24) is 9.97 Å². The molecular formula is C16H21N3O. The number of anilines is 1. The highest BCUT2D eigenvalue weighted by Crippen LogP contribution is 2.38. The number of hydrogen-bond donors (Lipinski definition) is 2. The average molecular weight is 271 g/mol. The fraction of sp³-hybridized carbons (Fsp3) is 0.500. The summed E-state index contributed by atoms with van der Waals surface area (Å²) in [7, 11) is 0. The fourth-order valence-electron chi connectivity index (χ4n) is 2.36. The first-order valence-electron chi connectivity index (χ1n) is 7.16. The lowest BCUT2D eigenvalue weighted by Gasteiger charge is -2.13. The molecule has 2 unspecified atom stereocenters. The van der Waals surface area contributed by atoms with Crippen LogP contribution < -0.4 is 5.32 Å². The van der Waals surface area contributed by atoms with E-state index in [9.17, 15) is 4.79 Å². The van der Waals surface area contributed by atoms with Crippen LogP contribution >= 0.6 is 0 Å². The highest BCUT2D eigenvalue weighted by Gasteiger charge is 2.39. The summed E-state index contributed by atoms with van der Waals surface area (Å²) >= 11 is 0. The molecule has 1 aromatic heterocycles. The Bertz CT molecular complexity index is 666. The molecule has 1 aliphatic carbocycles. The third-order valence-electron chi connectivity index (χ3n) is 3.91. The first-order chi connectivity index (χ1) is 9.34. The van der Waals surface area contributed by atoms with E-state index in [-0.39, 0.29) is 17.2 Å². The molecule has 1 amide bonds. The number of imidazole rings is 1. The zero-order valence-corrected chi connectivity index (χ0v) is 12.4. The number of benzene rings is 1. The molecule has 0 bridgehead atoms. The number of aromatic nitrogens is 2. The molecule has 1 fully saturated rings. The number of rotatable bonds is 2. The second-order valence-electron chi connectivity index (χ2n) is 6.88. The molecule has 2 N–H and O–H groups in total. The molecule has 4 nitrogen and oxygen atoms in total. The SMILES string of the molecule is CC1CC1C(=O)Nc1ccc2nc(C(C)(C)C)[nH]c2c1. The Morgan fingerprint density at radius 1 is 1.40 bits per heavy atom. The van der Waals surface area contributed by atoms with Gasteiger partial charge < -0.3 is 10.3 Å². The topological polar surface area (TPSA) is 57.8 Å². The summed E-state index contributed by atoms with van der Waals surface area (Å²) in [6, 6.07) is 5.83. The van der Waals surface area contributed by atoms with Crippen LogP contribution in [-0.4, -0.2) is 15.9 Å². The van der Waals surface area contributed by atoms with Crippen molar-refractivity contribution >= 4 is 22.6 Å². The molecule has 20 heavy (non-hydrogen) atoms. The van der Waals surface area contributed by atoms with Crippen LogP contribution in [0.3, 0.4) is 0 Å². The molecule has 1 aromatic carbocycles. The molecule has 2 aromatic rings. The predicted octanol–water partition coefficient (Wildman–Crippen LogP) is 3.45. The van der Waals surface area contributed by atoms with Crippen LogP contribution in [0.4, 0.5) is 5.69 Å². The number of amides is 1. The maximum absolute atomic E-state index is 11.9. The summed E-state index contributed by atoms with van der Waals surface area (Å²) in [5.74, 6) is 1.81. The molecule has 1 aliphatic rings. The summed E-state index contributed by atoms with van der Waals surface area (Å²) in [6.45, 7) is 8.49. The van der Waals surface area contributed by atoms with E-state index >= 15 is 0 Å². The van der Waals surface area contributed by atoms with Crippen molar-refractivity contribution in [2.24, 2.45) is 11.8 Å². The maximum Gasteiger partial charge on any atom is 0.227 e. The van der Waals surface area contributed by atoms with Gasteiger partial charge in [-0.1, -0.05) is 27.7 Å². The number of nitrogens with zero attached hydrogens (tertiary/aromatic N) is 1. The fourth-order valence-corrected chi connectivity index (χ4v) is 2.36. The molecule has 0 radical (unpaired) electrons. The molecule has 4 heteroatoms. The van der Waals surface area contributed by atoms with Gasteiger partial charge in [0.2, 0.25) is 5.91 Å². The first kappa shape index (κ1) is 13.2. The molecule has 3 rings (SSSR count). The van der Waals surface area contributed by atoms with Crippen molar-refractivity contribution in [2.45, 2.75) is 39.5 Å². The predicted molar refractivity (Wildman–Crippen MR) is 80.7 cm³/mol. The largest absolute Gasteiger partial charge is 0.341 e. The van der Waals surface area contributed by atoms with Gasteiger partial charge in [-0.2, -0.15) is 0 Å². The molecule has 1 heterocycles. The van der Waals surface area contributed by atoms with Gasteiger partial charge in [0.05, 0.1) is 11.0 Å². The third kappa shape index (κ3) is 2.42.